The van der Waals surface area contributed by atoms with Gasteiger partial charge in [-0.2, -0.15) is 0 Å². The lowest BCUT2D eigenvalue weighted by Crippen LogP contribution is -2.49. The molecule has 6 heteroatoms. The maximum Gasteiger partial charge on any atom is 0.214 e. The Bertz CT molecular complexity index is 355. The van der Waals surface area contributed by atoms with E-state index in [0.29, 0.717) is 31.4 Å². The first-order chi connectivity index (χ1) is 8.63. The van der Waals surface area contributed by atoms with E-state index in [1.807, 2.05) is 0 Å². The molecule has 0 aromatic carbocycles. The molecule has 1 unspecified atom stereocenters. The predicted octanol–water partition coefficient (Wildman–Crippen LogP) is 1.51. The number of rotatable bonds is 5. The molecule has 0 spiro atoms. The molecule has 0 amide bonds. The van der Waals surface area contributed by atoms with E-state index in [9.17, 15) is 8.42 Å². The molecule has 2 rings (SSSR count). The number of sulfonamides is 1. The maximum atomic E-state index is 12.2. The van der Waals surface area contributed by atoms with Gasteiger partial charge in [0.1, 0.15) is 0 Å². The van der Waals surface area contributed by atoms with E-state index < -0.39 is 10.0 Å². The SMILES string of the molecule is O=S(=O)(CCCCl)N1CCCC(N2CCCC2)C1. The van der Waals surface area contributed by atoms with Crippen LogP contribution in [0.25, 0.3) is 0 Å². The highest BCUT2D eigenvalue weighted by molar-refractivity contribution is 7.89. The number of likely N-dealkylation sites (tertiary alicyclic amines) is 1. The minimum absolute atomic E-state index is 0.198. The molecule has 2 fully saturated rings. The third-order valence-electron chi connectivity index (χ3n) is 3.95. The Hall–Kier alpha value is 0.160. The van der Waals surface area contributed by atoms with Crippen LogP contribution in [0, 0.1) is 0 Å². The molecule has 2 heterocycles. The third kappa shape index (κ3) is 3.59. The Balaban J connectivity index is 1.93. The van der Waals surface area contributed by atoms with Crippen LogP contribution in [0.4, 0.5) is 0 Å². The molecule has 2 saturated heterocycles. The second kappa shape index (κ2) is 6.55. The number of nitrogens with zero attached hydrogens (tertiary/aromatic N) is 2. The van der Waals surface area contributed by atoms with Crippen molar-refractivity contribution in [2.24, 2.45) is 0 Å². The topological polar surface area (TPSA) is 40.6 Å². The number of halogens is 1. The van der Waals surface area contributed by atoms with Gasteiger partial charge in [-0.05, 0) is 45.2 Å². The fraction of sp³-hybridized carbons (Fsp3) is 1.00. The van der Waals surface area contributed by atoms with Crippen LogP contribution in [0.2, 0.25) is 0 Å². The van der Waals surface area contributed by atoms with Crippen LogP contribution in [0.15, 0.2) is 0 Å². The Morgan fingerprint density at radius 2 is 1.83 bits per heavy atom. The number of hydrogen-bond donors (Lipinski definition) is 0. The van der Waals surface area contributed by atoms with Crippen molar-refractivity contribution in [3.63, 3.8) is 0 Å². The van der Waals surface area contributed by atoms with Crippen LogP contribution >= 0.6 is 11.6 Å². The van der Waals surface area contributed by atoms with E-state index in [1.54, 1.807) is 4.31 Å². The lowest BCUT2D eigenvalue weighted by molar-refractivity contribution is 0.162. The minimum Gasteiger partial charge on any atom is -0.299 e. The van der Waals surface area contributed by atoms with Crippen LogP contribution < -0.4 is 0 Å². The van der Waals surface area contributed by atoms with Crippen molar-refractivity contribution < 1.29 is 8.42 Å². The molecular weight excluding hydrogens is 272 g/mol. The summed E-state index contributed by atoms with van der Waals surface area (Å²) >= 11 is 5.59. The number of piperidine rings is 1. The van der Waals surface area contributed by atoms with E-state index in [2.05, 4.69) is 4.90 Å². The summed E-state index contributed by atoms with van der Waals surface area (Å²) in [5.41, 5.74) is 0. The number of alkyl halides is 1. The summed E-state index contributed by atoms with van der Waals surface area (Å²) in [5.74, 6) is 0.617. The van der Waals surface area contributed by atoms with Gasteiger partial charge >= 0.3 is 0 Å². The molecule has 0 N–H and O–H groups in total. The van der Waals surface area contributed by atoms with Crippen LogP contribution in [-0.4, -0.2) is 61.5 Å². The highest BCUT2D eigenvalue weighted by atomic mass is 35.5. The van der Waals surface area contributed by atoms with Gasteiger partial charge in [0, 0.05) is 25.0 Å². The minimum atomic E-state index is -3.09. The molecule has 18 heavy (non-hydrogen) atoms. The van der Waals surface area contributed by atoms with Crippen molar-refractivity contribution in [3.8, 4) is 0 Å². The Labute approximate surface area is 115 Å². The largest absolute Gasteiger partial charge is 0.299 e. The molecule has 0 aromatic rings. The Morgan fingerprint density at radius 3 is 2.50 bits per heavy atom. The van der Waals surface area contributed by atoms with Gasteiger partial charge < -0.3 is 0 Å². The van der Waals surface area contributed by atoms with Crippen molar-refractivity contribution >= 4 is 21.6 Å². The second-order valence-electron chi connectivity index (χ2n) is 5.26. The molecule has 1 atom stereocenters. The summed E-state index contributed by atoms with van der Waals surface area (Å²) in [5, 5.41) is 0. The van der Waals surface area contributed by atoms with Crippen molar-refractivity contribution in [2.75, 3.05) is 37.8 Å². The summed E-state index contributed by atoms with van der Waals surface area (Å²) in [4.78, 5) is 2.46. The molecule has 0 saturated carbocycles. The van der Waals surface area contributed by atoms with Gasteiger partial charge in [0.2, 0.25) is 10.0 Å². The molecule has 0 aromatic heterocycles. The highest BCUT2D eigenvalue weighted by Gasteiger charge is 2.32. The standard InChI is InChI=1S/C12H23ClN2O2S/c13-6-4-10-18(16,17)15-9-3-5-12(11-15)14-7-1-2-8-14/h12H,1-11H2. The number of hydrogen-bond acceptors (Lipinski definition) is 3. The summed E-state index contributed by atoms with van der Waals surface area (Å²) in [7, 11) is -3.09. The predicted molar refractivity (Wildman–Crippen MR) is 74.5 cm³/mol. The van der Waals surface area contributed by atoms with Gasteiger partial charge in [0.05, 0.1) is 5.75 Å². The fourth-order valence-electron chi connectivity index (χ4n) is 2.94. The monoisotopic (exact) mass is 294 g/mol. The molecule has 0 aliphatic carbocycles. The van der Waals surface area contributed by atoms with Gasteiger partial charge in [-0.3, -0.25) is 4.90 Å². The summed E-state index contributed by atoms with van der Waals surface area (Å²) in [6, 6.07) is 0.437. The molecule has 0 bridgehead atoms. The van der Waals surface area contributed by atoms with E-state index in [-0.39, 0.29) is 5.75 Å². The first kappa shape index (κ1) is 14.6. The Morgan fingerprint density at radius 1 is 1.11 bits per heavy atom. The first-order valence-corrected chi connectivity index (χ1v) is 9.06. The van der Waals surface area contributed by atoms with E-state index >= 15 is 0 Å². The zero-order valence-corrected chi connectivity index (χ0v) is 12.4. The molecule has 2 aliphatic heterocycles. The molecule has 2 aliphatic rings. The lowest BCUT2D eigenvalue weighted by Gasteiger charge is -2.36. The second-order valence-corrected chi connectivity index (χ2v) is 7.72. The van der Waals surface area contributed by atoms with Crippen LogP contribution in [0.5, 0.6) is 0 Å². The first-order valence-electron chi connectivity index (χ1n) is 6.91. The van der Waals surface area contributed by atoms with Crippen LogP contribution in [0.1, 0.15) is 32.1 Å². The molecule has 4 nitrogen and oxygen atoms in total. The van der Waals surface area contributed by atoms with Crippen LogP contribution in [0.3, 0.4) is 0 Å². The normalized spacial score (nSPS) is 27.7. The molecule has 0 radical (unpaired) electrons. The van der Waals surface area contributed by atoms with Crippen molar-refractivity contribution in [1.82, 2.24) is 9.21 Å². The van der Waals surface area contributed by atoms with Crippen molar-refractivity contribution in [2.45, 2.75) is 38.1 Å². The zero-order chi connectivity index (χ0) is 13.0. The maximum absolute atomic E-state index is 12.2. The van der Waals surface area contributed by atoms with Crippen LogP contribution in [-0.2, 0) is 10.0 Å². The average molecular weight is 295 g/mol. The van der Waals surface area contributed by atoms with E-state index in [0.717, 1.165) is 25.9 Å². The highest BCUT2D eigenvalue weighted by Crippen LogP contribution is 2.22. The lowest BCUT2D eigenvalue weighted by atomic mass is 10.1. The third-order valence-corrected chi connectivity index (χ3v) is 6.14. The smallest absolute Gasteiger partial charge is 0.214 e. The summed E-state index contributed by atoms with van der Waals surface area (Å²) in [6.07, 6.45) is 5.20. The van der Waals surface area contributed by atoms with Gasteiger partial charge in [-0.1, -0.05) is 0 Å². The zero-order valence-electron chi connectivity index (χ0n) is 10.9. The summed E-state index contributed by atoms with van der Waals surface area (Å²) < 4.78 is 26.0. The van der Waals surface area contributed by atoms with E-state index in [1.165, 1.54) is 12.8 Å². The van der Waals surface area contributed by atoms with E-state index in [4.69, 9.17) is 11.6 Å². The van der Waals surface area contributed by atoms with Gasteiger partial charge in [0.25, 0.3) is 0 Å². The van der Waals surface area contributed by atoms with Gasteiger partial charge in [0.15, 0.2) is 0 Å². The quantitative estimate of drug-likeness (QED) is 0.722. The van der Waals surface area contributed by atoms with Gasteiger partial charge in [-0.25, -0.2) is 12.7 Å². The molecular formula is C12H23ClN2O2S. The molecule has 106 valence electrons. The van der Waals surface area contributed by atoms with Crippen molar-refractivity contribution in [1.29, 1.82) is 0 Å². The Kier molecular flexibility index (Phi) is 5.30. The average Bonchev–Trinajstić information content (AvgIpc) is 2.90. The fourth-order valence-corrected chi connectivity index (χ4v) is 4.81. The summed E-state index contributed by atoms with van der Waals surface area (Å²) in [6.45, 7) is 3.65. The van der Waals surface area contributed by atoms with Gasteiger partial charge in [-0.15, -0.1) is 11.6 Å². The van der Waals surface area contributed by atoms with Crippen molar-refractivity contribution in [3.05, 3.63) is 0 Å².